The Kier molecular flexibility index (Phi) is 3.50. The number of aliphatic hydroxyl groups is 1. The van der Waals surface area contributed by atoms with Gasteiger partial charge in [0, 0.05) is 10.4 Å². The molecule has 2 heterocycles. The summed E-state index contributed by atoms with van der Waals surface area (Å²) < 4.78 is 10.5. The van der Waals surface area contributed by atoms with Crippen LogP contribution in [0.4, 0.5) is 0 Å². The van der Waals surface area contributed by atoms with Crippen LogP contribution in [-0.4, -0.2) is 24.4 Å². The quantitative estimate of drug-likeness (QED) is 0.906. The molecular formula is C17H17NO4S. The maximum atomic E-state index is 12.4. The molecule has 1 atom stereocenters. The summed E-state index contributed by atoms with van der Waals surface area (Å²) >= 11 is 1.67. The molecule has 5 nitrogen and oxygen atoms in total. The Hall–Kier alpha value is -2.05. The van der Waals surface area contributed by atoms with E-state index in [1.807, 2.05) is 11.4 Å². The third-order valence-electron chi connectivity index (χ3n) is 4.42. The van der Waals surface area contributed by atoms with Crippen LogP contribution >= 0.6 is 11.3 Å². The van der Waals surface area contributed by atoms with E-state index in [4.69, 9.17) is 9.47 Å². The van der Waals surface area contributed by atoms with Crippen molar-refractivity contribution in [3.63, 3.8) is 0 Å². The maximum Gasteiger partial charge on any atom is 0.251 e. The van der Waals surface area contributed by atoms with Crippen LogP contribution in [0.25, 0.3) is 0 Å². The molecule has 23 heavy (non-hydrogen) atoms. The van der Waals surface area contributed by atoms with Gasteiger partial charge in [-0.3, -0.25) is 4.79 Å². The summed E-state index contributed by atoms with van der Waals surface area (Å²) in [7, 11) is 0. The van der Waals surface area contributed by atoms with Crippen molar-refractivity contribution in [1.82, 2.24) is 5.32 Å². The van der Waals surface area contributed by atoms with E-state index in [1.165, 1.54) is 4.88 Å². The standard InChI is InChI=1S/C17H17NO4S/c19-16(11-3-4-13-14(8-11)22-10-21-13)18-9-17(20)6-1-2-15-12(17)5-7-23-15/h3-5,7-8,20H,1-2,6,9-10H2,(H,18,19). The van der Waals surface area contributed by atoms with E-state index in [0.29, 0.717) is 23.5 Å². The molecule has 120 valence electrons. The summed E-state index contributed by atoms with van der Waals surface area (Å²) in [4.78, 5) is 13.6. The molecule has 1 aliphatic carbocycles. The molecule has 0 saturated heterocycles. The highest BCUT2D eigenvalue weighted by atomic mass is 32.1. The van der Waals surface area contributed by atoms with Crippen LogP contribution in [0.3, 0.4) is 0 Å². The molecule has 1 amide bonds. The number of amides is 1. The molecule has 2 aliphatic rings. The number of benzene rings is 1. The molecule has 0 bridgehead atoms. The molecule has 1 aromatic heterocycles. The molecule has 2 aromatic rings. The monoisotopic (exact) mass is 331 g/mol. The van der Waals surface area contributed by atoms with Crippen LogP contribution in [-0.2, 0) is 12.0 Å². The van der Waals surface area contributed by atoms with Crippen molar-refractivity contribution >= 4 is 17.2 Å². The van der Waals surface area contributed by atoms with Crippen molar-refractivity contribution in [2.75, 3.05) is 13.3 Å². The van der Waals surface area contributed by atoms with E-state index in [0.717, 1.165) is 18.4 Å². The van der Waals surface area contributed by atoms with Crippen molar-refractivity contribution in [3.05, 3.63) is 45.6 Å². The number of hydrogen-bond donors (Lipinski definition) is 2. The van der Waals surface area contributed by atoms with Crippen LogP contribution < -0.4 is 14.8 Å². The molecule has 1 aromatic carbocycles. The van der Waals surface area contributed by atoms with Crippen LogP contribution in [0, 0.1) is 0 Å². The SMILES string of the molecule is O=C(NCC1(O)CCCc2sccc21)c1ccc2c(c1)OCO2. The fraction of sp³-hybridized carbons (Fsp3) is 0.353. The van der Waals surface area contributed by atoms with Gasteiger partial charge in [-0.05, 0) is 54.5 Å². The third kappa shape index (κ3) is 2.58. The molecule has 1 aliphatic heterocycles. The molecule has 2 N–H and O–H groups in total. The summed E-state index contributed by atoms with van der Waals surface area (Å²) in [6.45, 7) is 0.394. The lowest BCUT2D eigenvalue weighted by Gasteiger charge is -2.32. The normalized spacial score (nSPS) is 21.8. The Balaban J connectivity index is 1.48. The number of carbonyl (C=O) groups is 1. The van der Waals surface area contributed by atoms with Gasteiger partial charge in [0.2, 0.25) is 6.79 Å². The van der Waals surface area contributed by atoms with Gasteiger partial charge in [0.25, 0.3) is 5.91 Å². The Labute approximate surface area is 137 Å². The number of ether oxygens (including phenoxy) is 2. The predicted molar refractivity (Wildman–Crippen MR) is 86.1 cm³/mol. The van der Waals surface area contributed by atoms with Gasteiger partial charge in [0.1, 0.15) is 5.60 Å². The van der Waals surface area contributed by atoms with E-state index < -0.39 is 5.60 Å². The number of thiophene rings is 1. The zero-order valence-corrected chi connectivity index (χ0v) is 13.3. The zero-order valence-electron chi connectivity index (χ0n) is 12.5. The fourth-order valence-corrected chi connectivity index (χ4v) is 4.19. The van der Waals surface area contributed by atoms with Gasteiger partial charge in [-0.25, -0.2) is 0 Å². The van der Waals surface area contributed by atoms with Gasteiger partial charge in [0.15, 0.2) is 11.5 Å². The first-order valence-corrected chi connectivity index (χ1v) is 8.51. The predicted octanol–water partition coefficient (Wildman–Crippen LogP) is 2.43. The highest BCUT2D eigenvalue weighted by Gasteiger charge is 2.35. The largest absolute Gasteiger partial charge is 0.454 e. The summed E-state index contributed by atoms with van der Waals surface area (Å²) in [5.74, 6) is 1.00. The number of carbonyl (C=O) groups excluding carboxylic acids is 1. The fourth-order valence-electron chi connectivity index (χ4n) is 3.17. The number of nitrogens with one attached hydrogen (secondary N) is 1. The minimum atomic E-state index is -0.973. The molecule has 1 unspecified atom stereocenters. The molecule has 0 fully saturated rings. The average Bonchev–Trinajstić information content (AvgIpc) is 3.21. The lowest BCUT2D eigenvalue weighted by molar-refractivity contribution is 0.0197. The minimum Gasteiger partial charge on any atom is -0.454 e. The number of aryl methyl sites for hydroxylation is 1. The second-order valence-corrected chi connectivity index (χ2v) is 6.89. The van der Waals surface area contributed by atoms with Crippen molar-refractivity contribution in [2.24, 2.45) is 0 Å². The minimum absolute atomic E-state index is 0.182. The number of rotatable bonds is 3. The van der Waals surface area contributed by atoms with Gasteiger partial charge in [-0.1, -0.05) is 0 Å². The maximum absolute atomic E-state index is 12.4. The van der Waals surface area contributed by atoms with Gasteiger partial charge >= 0.3 is 0 Å². The molecular weight excluding hydrogens is 314 g/mol. The van der Waals surface area contributed by atoms with Gasteiger partial charge in [-0.15, -0.1) is 11.3 Å². The van der Waals surface area contributed by atoms with Crippen LogP contribution in [0.5, 0.6) is 11.5 Å². The second-order valence-electron chi connectivity index (χ2n) is 5.89. The third-order valence-corrected chi connectivity index (χ3v) is 5.40. The Morgan fingerprint density at radius 3 is 3.09 bits per heavy atom. The van der Waals surface area contributed by atoms with Crippen molar-refractivity contribution in [3.8, 4) is 11.5 Å². The van der Waals surface area contributed by atoms with E-state index in [1.54, 1.807) is 29.5 Å². The van der Waals surface area contributed by atoms with E-state index in [9.17, 15) is 9.90 Å². The van der Waals surface area contributed by atoms with Gasteiger partial charge in [-0.2, -0.15) is 0 Å². The van der Waals surface area contributed by atoms with Gasteiger partial charge < -0.3 is 19.9 Å². The topological polar surface area (TPSA) is 67.8 Å². The molecule has 4 rings (SSSR count). The van der Waals surface area contributed by atoms with Crippen molar-refractivity contribution in [2.45, 2.75) is 24.9 Å². The highest BCUT2D eigenvalue weighted by Crippen LogP contribution is 2.38. The summed E-state index contributed by atoms with van der Waals surface area (Å²) in [6.07, 6.45) is 2.60. The Bertz CT molecular complexity index is 757. The average molecular weight is 331 g/mol. The van der Waals surface area contributed by atoms with E-state index in [-0.39, 0.29) is 19.2 Å². The molecule has 0 saturated carbocycles. The molecule has 0 spiro atoms. The Morgan fingerprint density at radius 2 is 2.17 bits per heavy atom. The second kappa shape index (κ2) is 5.54. The van der Waals surface area contributed by atoms with Gasteiger partial charge in [0.05, 0.1) is 6.54 Å². The summed E-state index contributed by atoms with van der Waals surface area (Å²) in [6, 6.07) is 7.05. The summed E-state index contributed by atoms with van der Waals surface area (Å²) in [5, 5.41) is 15.8. The lowest BCUT2D eigenvalue weighted by Crippen LogP contribution is -2.42. The zero-order chi connectivity index (χ0) is 15.9. The number of hydrogen-bond acceptors (Lipinski definition) is 5. The lowest BCUT2D eigenvalue weighted by atomic mass is 9.83. The first-order chi connectivity index (χ1) is 11.2. The smallest absolute Gasteiger partial charge is 0.251 e. The van der Waals surface area contributed by atoms with Crippen LogP contribution in [0.15, 0.2) is 29.6 Å². The first kappa shape index (κ1) is 14.5. The molecule has 0 radical (unpaired) electrons. The first-order valence-electron chi connectivity index (χ1n) is 7.63. The van der Waals surface area contributed by atoms with E-state index >= 15 is 0 Å². The van der Waals surface area contributed by atoms with E-state index in [2.05, 4.69) is 5.32 Å². The molecule has 6 heteroatoms. The van der Waals surface area contributed by atoms with Crippen LogP contribution in [0.2, 0.25) is 0 Å². The Morgan fingerprint density at radius 1 is 1.30 bits per heavy atom. The highest BCUT2D eigenvalue weighted by molar-refractivity contribution is 7.10. The number of fused-ring (bicyclic) bond motifs is 2. The summed E-state index contributed by atoms with van der Waals surface area (Å²) in [5.41, 5.74) is 0.485. The van der Waals surface area contributed by atoms with Crippen molar-refractivity contribution < 1.29 is 19.4 Å². The van der Waals surface area contributed by atoms with Crippen molar-refractivity contribution in [1.29, 1.82) is 0 Å². The van der Waals surface area contributed by atoms with Crippen LogP contribution in [0.1, 0.15) is 33.6 Å².